The third-order valence-corrected chi connectivity index (χ3v) is 3.20. The highest BCUT2D eigenvalue weighted by atomic mass is 127. The molecule has 18 heavy (non-hydrogen) atoms. The van der Waals surface area contributed by atoms with Crippen LogP contribution in [0.3, 0.4) is 0 Å². The Kier molecular flexibility index (Phi) is 4.54. The van der Waals surface area contributed by atoms with Crippen LogP contribution in [0, 0.1) is 3.57 Å². The van der Waals surface area contributed by atoms with E-state index in [1.807, 2.05) is 36.4 Å². The Morgan fingerprint density at radius 3 is 2.78 bits per heavy atom. The minimum atomic E-state index is 0.498. The van der Waals surface area contributed by atoms with E-state index in [0.29, 0.717) is 12.4 Å². The van der Waals surface area contributed by atoms with Crippen molar-refractivity contribution in [1.29, 1.82) is 0 Å². The molecule has 0 amide bonds. The number of rotatable bonds is 4. The third-order valence-electron chi connectivity index (χ3n) is 2.53. The van der Waals surface area contributed by atoms with Crippen molar-refractivity contribution in [3.63, 3.8) is 0 Å². The molecule has 4 heteroatoms. The maximum absolute atomic E-state index is 5.77. The molecule has 2 N–H and O–H groups in total. The first-order chi connectivity index (χ1) is 8.71. The van der Waals surface area contributed by atoms with Crippen molar-refractivity contribution in [3.8, 4) is 11.6 Å². The number of pyridine rings is 1. The van der Waals surface area contributed by atoms with Gasteiger partial charge in [0.15, 0.2) is 0 Å². The number of aromatic nitrogens is 1. The number of benzene rings is 1. The lowest BCUT2D eigenvalue weighted by molar-refractivity contribution is 0.459. The van der Waals surface area contributed by atoms with Crippen LogP contribution in [0.4, 0.5) is 0 Å². The normalized spacial score (nSPS) is 10.4. The second kappa shape index (κ2) is 6.15. The third kappa shape index (κ3) is 3.43. The Bertz CT molecular complexity index is 521. The van der Waals surface area contributed by atoms with Gasteiger partial charge >= 0.3 is 0 Å². The molecule has 1 heterocycles. The second-order valence-electron chi connectivity index (χ2n) is 3.92. The Balaban J connectivity index is 2.28. The Hall–Kier alpha value is -1.14. The summed E-state index contributed by atoms with van der Waals surface area (Å²) in [6.45, 7) is 2.57. The first-order valence-electron chi connectivity index (χ1n) is 5.84. The first-order valence-corrected chi connectivity index (χ1v) is 6.92. The van der Waals surface area contributed by atoms with Gasteiger partial charge < -0.3 is 10.5 Å². The van der Waals surface area contributed by atoms with E-state index < -0.39 is 0 Å². The molecule has 0 aliphatic rings. The molecule has 1 aromatic heterocycles. The molecule has 0 fully saturated rings. The molecule has 94 valence electrons. The molecule has 3 nitrogen and oxygen atoms in total. The van der Waals surface area contributed by atoms with E-state index in [9.17, 15) is 0 Å². The van der Waals surface area contributed by atoms with Crippen LogP contribution in [0.25, 0.3) is 0 Å². The molecule has 0 saturated carbocycles. The highest BCUT2D eigenvalue weighted by molar-refractivity contribution is 14.1. The Morgan fingerprint density at radius 1 is 1.28 bits per heavy atom. The lowest BCUT2D eigenvalue weighted by Gasteiger charge is -2.08. The first kappa shape index (κ1) is 13.3. The second-order valence-corrected chi connectivity index (χ2v) is 5.17. The zero-order valence-electron chi connectivity index (χ0n) is 10.2. The van der Waals surface area contributed by atoms with E-state index in [2.05, 4.69) is 34.5 Å². The van der Waals surface area contributed by atoms with Gasteiger partial charge in [0.1, 0.15) is 5.75 Å². The molecule has 0 aliphatic heterocycles. The standard InChI is InChI=1S/C14H15IN2O/c1-2-12-6-10(9-16)7-14(17-12)18-13-5-3-4-11(15)8-13/h3-8H,2,9,16H2,1H3. The number of halogens is 1. The quantitative estimate of drug-likeness (QED) is 0.855. The fraction of sp³-hybridized carbons (Fsp3) is 0.214. The summed E-state index contributed by atoms with van der Waals surface area (Å²) in [6, 6.07) is 11.8. The van der Waals surface area contributed by atoms with Crippen molar-refractivity contribution in [3.05, 3.63) is 51.2 Å². The summed E-state index contributed by atoms with van der Waals surface area (Å²) in [4.78, 5) is 4.44. The van der Waals surface area contributed by atoms with Crippen LogP contribution in [0.5, 0.6) is 11.6 Å². The summed E-state index contributed by atoms with van der Waals surface area (Å²) in [6.07, 6.45) is 0.872. The van der Waals surface area contributed by atoms with Gasteiger partial charge in [-0.25, -0.2) is 4.98 Å². The van der Waals surface area contributed by atoms with Gasteiger partial charge in [-0.05, 0) is 58.8 Å². The van der Waals surface area contributed by atoms with Gasteiger partial charge in [0.2, 0.25) is 5.88 Å². The van der Waals surface area contributed by atoms with Crippen LogP contribution in [0.15, 0.2) is 36.4 Å². The van der Waals surface area contributed by atoms with Gasteiger partial charge in [-0.3, -0.25) is 0 Å². The SMILES string of the molecule is CCc1cc(CN)cc(Oc2cccc(I)c2)n1. The molecular weight excluding hydrogens is 339 g/mol. The Labute approximate surface area is 121 Å². The number of ether oxygens (including phenoxy) is 1. The molecule has 0 aliphatic carbocycles. The van der Waals surface area contributed by atoms with Crippen molar-refractivity contribution in [2.45, 2.75) is 19.9 Å². The number of nitrogens with two attached hydrogens (primary N) is 1. The number of hydrogen-bond donors (Lipinski definition) is 1. The molecule has 0 atom stereocenters. The van der Waals surface area contributed by atoms with Crippen LogP contribution < -0.4 is 10.5 Å². The van der Waals surface area contributed by atoms with Crippen molar-refractivity contribution in [2.75, 3.05) is 0 Å². The lowest BCUT2D eigenvalue weighted by Crippen LogP contribution is -2.00. The minimum absolute atomic E-state index is 0.498. The van der Waals surface area contributed by atoms with Crippen LogP contribution in [-0.2, 0) is 13.0 Å². The van der Waals surface area contributed by atoms with Crippen LogP contribution in [0.2, 0.25) is 0 Å². The number of aryl methyl sites for hydroxylation is 1. The fourth-order valence-corrected chi connectivity index (χ4v) is 2.14. The Morgan fingerprint density at radius 2 is 2.11 bits per heavy atom. The highest BCUT2D eigenvalue weighted by Gasteiger charge is 2.04. The molecule has 2 aromatic rings. The summed E-state index contributed by atoms with van der Waals surface area (Å²) in [5.74, 6) is 1.41. The number of hydrogen-bond acceptors (Lipinski definition) is 3. The van der Waals surface area contributed by atoms with E-state index in [-0.39, 0.29) is 0 Å². The number of nitrogens with zero attached hydrogens (tertiary/aromatic N) is 1. The maximum atomic E-state index is 5.77. The largest absolute Gasteiger partial charge is 0.439 e. The lowest BCUT2D eigenvalue weighted by atomic mass is 10.2. The van der Waals surface area contributed by atoms with Gasteiger partial charge in [0.25, 0.3) is 0 Å². The van der Waals surface area contributed by atoms with Gasteiger partial charge in [0, 0.05) is 21.9 Å². The van der Waals surface area contributed by atoms with Crippen LogP contribution in [-0.4, -0.2) is 4.98 Å². The van der Waals surface area contributed by atoms with Crippen molar-refractivity contribution in [1.82, 2.24) is 4.98 Å². The van der Waals surface area contributed by atoms with Gasteiger partial charge in [-0.1, -0.05) is 13.0 Å². The topological polar surface area (TPSA) is 48.1 Å². The average Bonchev–Trinajstić information content (AvgIpc) is 2.38. The van der Waals surface area contributed by atoms with E-state index in [1.54, 1.807) is 0 Å². The monoisotopic (exact) mass is 354 g/mol. The van der Waals surface area contributed by atoms with E-state index in [4.69, 9.17) is 10.5 Å². The highest BCUT2D eigenvalue weighted by Crippen LogP contribution is 2.22. The summed E-state index contributed by atoms with van der Waals surface area (Å²) < 4.78 is 6.91. The maximum Gasteiger partial charge on any atom is 0.219 e. The summed E-state index contributed by atoms with van der Waals surface area (Å²) in [5, 5.41) is 0. The zero-order chi connectivity index (χ0) is 13.0. The van der Waals surface area contributed by atoms with Crippen molar-refractivity contribution in [2.24, 2.45) is 5.73 Å². The zero-order valence-corrected chi connectivity index (χ0v) is 12.3. The summed E-state index contributed by atoms with van der Waals surface area (Å²) >= 11 is 2.26. The van der Waals surface area contributed by atoms with E-state index in [0.717, 1.165) is 27.0 Å². The molecule has 0 bridgehead atoms. The summed E-state index contributed by atoms with van der Waals surface area (Å²) in [5.41, 5.74) is 7.72. The average molecular weight is 354 g/mol. The van der Waals surface area contributed by atoms with Gasteiger partial charge in [0.05, 0.1) is 0 Å². The van der Waals surface area contributed by atoms with E-state index >= 15 is 0 Å². The van der Waals surface area contributed by atoms with Crippen LogP contribution in [0.1, 0.15) is 18.2 Å². The van der Waals surface area contributed by atoms with Crippen molar-refractivity contribution >= 4 is 22.6 Å². The molecule has 0 radical (unpaired) electrons. The smallest absolute Gasteiger partial charge is 0.219 e. The predicted octanol–water partition coefficient (Wildman–Crippen LogP) is 3.50. The molecular formula is C14H15IN2O. The molecule has 1 aromatic carbocycles. The minimum Gasteiger partial charge on any atom is -0.439 e. The molecule has 0 saturated heterocycles. The van der Waals surface area contributed by atoms with E-state index in [1.165, 1.54) is 0 Å². The molecule has 0 unspecified atom stereocenters. The van der Waals surface area contributed by atoms with Crippen molar-refractivity contribution < 1.29 is 4.74 Å². The summed E-state index contributed by atoms with van der Waals surface area (Å²) in [7, 11) is 0. The van der Waals surface area contributed by atoms with Gasteiger partial charge in [-0.2, -0.15) is 0 Å². The predicted molar refractivity (Wildman–Crippen MR) is 80.7 cm³/mol. The van der Waals surface area contributed by atoms with Crippen LogP contribution >= 0.6 is 22.6 Å². The molecule has 2 rings (SSSR count). The fourth-order valence-electron chi connectivity index (χ4n) is 1.62. The van der Waals surface area contributed by atoms with Gasteiger partial charge in [-0.15, -0.1) is 0 Å². The molecule has 0 spiro atoms.